The summed E-state index contributed by atoms with van der Waals surface area (Å²) in [6, 6.07) is 11.0. The van der Waals surface area contributed by atoms with Crippen LogP contribution in [-0.2, 0) is 0 Å². The van der Waals surface area contributed by atoms with Crippen molar-refractivity contribution in [3.63, 3.8) is 0 Å². The van der Waals surface area contributed by atoms with Crippen LogP contribution in [0.1, 0.15) is 16.1 Å². The summed E-state index contributed by atoms with van der Waals surface area (Å²) < 4.78 is 76.4. The predicted molar refractivity (Wildman–Crippen MR) is 122 cm³/mol. The summed E-state index contributed by atoms with van der Waals surface area (Å²) in [5.74, 6) is -12.6. The largest absolute Gasteiger partial charge is 0.402 e. The number of nitro groups is 1. The molecule has 0 radical (unpaired) electrons. The molecule has 190 valence electrons. The van der Waals surface area contributed by atoms with Crippen LogP contribution in [0.2, 0.25) is 5.02 Å². The minimum atomic E-state index is -2.34. The summed E-state index contributed by atoms with van der Waals surface area (Å²) in [4.78, 5) is 22.0. The third-order valence-corrected chi connectivity index (χ3v) is 6.38. The number of hydrogen-bond donors (Lipinski definition) is 0. The normalized spacial score (nSPS) is 11.0. The fourth-order valence-corrected chi connectivity index (χ4v) is 4.33. The van der Waals surface area contributed by atoms with Crippen LogP contribution in [0.5, 0.6) is 5.88 Å². The van der Waals surface area contributed by atoms with E-state index in [2.05, 4.69) is 5.10 Å². The number of esters is 1. The number of halogens is 6. The molecule has 0 amide bonds. The lowest BCUT2D eigenvalue weighted by Gasteiger charge is -2.12. The predicted octanol–water partition coefficient (Wildman–Crippen LogP) is 6.81. The summed E-state index contributed by atoms with van der Waals surface area (Å²) >= 11 is 5.96. The number of aromatic nitrogens is 2. The molecule has 0 saturated carbocycles. The number of nitrogens with zero attached hydrogens (tertiary/aromatic N) is 3. The van der Waals surface area contributed by atoms with E-state index in [0.717, 1.165) is 16.8 Å². The number of carbonyl (C=O) groups is 1. The van der Waals surface area contributed by atoms with E-state index in [1.165, 1.54) is 25.1 Å². The van der Waals surface area contributed by atoms with E-state index in [1.54, 1.807) is 18.2 Å². The minimum Gasteiger partial charge on any atom is -0.402 e. The zero-order valence-corrected chi connectivity index (χ0v) is 19.8. The highest BCUT2D eigenvalue weighted by Gasteiger charge is 2.31. The maximum absolute atomic E-state index is 14.4. The Hall–Kier alpha value is -3.97. The van der Waals surface area contributed by atoms with E-state index in [4.69, 9.17) is 16.3 Å². The molecule has 0 aliphatic carbocycles. The van der Waals surface area contributed by atoms with Gasteiger partial charge in [-0.15, -0.1) is 0 Å². The first kappa shape index (κ1) is 26.1. The Morgan fingerprint density at radius 3 is 2.16 bits per heavy atom. The molecule has 3 aromatic carbocycles. The molecular formula is C23H11ClF5N3O4S. The molecule has 0 saturated heterocycles. The average Bonchev–Trinajstić information content (AvgIpc) is 3.18. The number of para-hydroxylation sites is 1. The first-order valence-corrected chi connectivity index (χ1v) is 11.2. The van der Waals surface area contributed by atoms with Gasteiger partial charge in [-0.05, 0) is 31.2 Å². The number of carbonyl (C=O) groups excluding carboxylic acids is 1. The van der Waals surface area contributed by atoms with Crippen LogP contribution >= 0.6 is 23.4 Å². The van der Waals surface area contributed by atoms with Gasteiger partial charge < -0.3 is 4.74 Å². The second-order valence-corrected chi connectivity index (χ2v) is 8.73. The zero-order chi connectivity index (χ0) is 27.0. The van der Waals surface area contributed by atoms with Crippen LogP contribution < -0.4 is 4.74 Å². The molecule has 4 rings (SSSR count). The van der Waals surface area contributed by atoms with Crippen LogP contribution in [0.25, 0.3) is 5.69 Å². The number of nitro benzene ring substituents is 1. The van der Waals surface area contributed by atoms with Crippen LogP contribution in [0.3, 0.4) is 0 Å². The molecule has 0 fully saturated rings. The summed E-state index contributed by atoms with van der Waals surface area (Å²) in [5, 5.41) is 15.6. The number of rotatable bonds is 6. The molecule has 37 heavy (non-hydrogen) atoms. The highest BCUT2D eigenvalue weighted by molar-refractivity contribution is 7.99. The maximum atomic E-state index is 14.4. The molecule has 0 unspecified atom stereocenters. The van der Waals surface area contributed by atoms with Crippen molar-refractivity contribution in [2.24, 2.45) is 0 Å². The lowest BCUT2D eigenvalue weighted by atomic mass is 10.2. The highest BCUT2D eigenvalue weighted by atomic mass is 35.5. The summed E-state index contributed by atoms with van der Waals surface area (Å²) in [6.07, 6.45) is 0. The molecule has 0 N–H and O–H groups in total. The molecule has 1 heterocycles. The van der Waals surface area contributed by atoms with Crippen molar-refractivity contribution < 1.29 is 36.4 Å². The third kappa shape index (κ3) is 4.87. The first-order chi connectivity index (χ1) is 17.5. The lowest BCUT2D eigenvalue weighted by molar-refractivity contribution is -0.385. The van der Waals surface area contributed by atoms with E-state index in [-0.39, 0.29) is 27.4 Å². The van der Waals surface area contributed by atoms with Crippen molar-refractivity contribution in [1.29, 1.82) is 0 Å². The fourth-order valence-electron chi connectivity index (χ4n) is 3.19. The second kappa shape index (κ2) is 10.2. The average molecular weight is 556 g/mol. The van der Waals surface area contributed by atoms with E-state index in [0.29, 0.717) is 5.69 Å². The van der Waals surface area contributed by atoms with Gasteiger partial charge in [0.25, 0.3) is 5.69 Å². The van der Waals surface area contributed by atoms with E-state index in [9.17, 15) is 36.9 Å². The minimum absolute atomic E-state index is 0.0128. The molecule has 0 spiro atoms. The third-order valence-electron chi connectivity index (χ3n) is 4.90. The van der Waals surface area contributed by atoms with Gasteiger partial charge in [0.1, 0.15) is 5.56 Å². The Morgan fingerprint density at radius 1 is 0.973 bits per heavy atom. The van der Waals surface area contributed by atoms with Gasteiger partial charge in [-0.3, -0.25) is 10.1 Å². The monoisotopic (exact) mass is 555 g/mol. The topological polar surface area (TPSA) is 87.3 Å². The van der Waals surface area contributed by atoms with Gasteiger partial charge in [0, 0.05) is 11.1 Å². The van der Waals surface area contributed by atoms with Crippen molar-refractivity contribution in [3.8, 4) is 11.6 Å². The van der Waals surface area contributed by atoms with Crippen molar-refractivity contribution in [2.45, 2.75) is 16.7 Å². The number of aryl methyl sites for hydroxylation is 1. The Balaban J connectivity index is 1.89. The lowest BCUT2D eigenvalue weighted by Crippen LogP contribution is -2.14. The Bertz CT molecular complexity index is 1540. The quantitative estimate of drug-likeness (QED) is 0.0649. The van der Waals surface area contributed by atoms with E-state index < -0.39 is 62.0 Å². The Labute approximate surface area is 213 Å². The van der Waals surface area contributed by atoms with Crippen molar-refractivity contribution in [2.75, 3.05) is 0 Å². The zero-order valence-electron chi connectivity index (χ0n) is 18.3. The summed E-state index contributed by atoms with van der Waals surface area (Å²) in [7, 11) is 0. The Morgan fingerprint density at radius 2 is 1.57 bits per heavy atom. The summed E-state index contributed by atoms with van der Waals surface area (Å²) in [5.41, 5.74) is -0.923. The van der Waals surface area contributed by atoms with Crippen LogP contribution in [-0.4, -0.2) is 20.7 Å². The standard InChI is InChI=1S/C23H11ClF5N3O4S/c1-10-20(37-21-18(28)16(26)15(25)17(27)19(21)29)22(31(30-10)12-5-3-2-4-6-12)36-23(33)13-9-11(24)7-8-14(13)32(34)35/h2-9H,1H3. The van der Waals surface area contributed by atoms with Gasteiger partial charge in [0.2, 0.25) is 11.7 Å². The van der Waals surface area contributed by atoms with Crippen LogP contribution in [0, 0.1) is 46.1 Å². The molecule has 0 aliphatic heterocycles. The van der Waals surface area contributed by atoms with Gasteiger partial charge in [-0.1, -0.05) is 41.6 Å². The molecule has 0 bridgehead atoms. The van der Waals surface area contributed by atoms with Crippen molar-refractivity contribution in [1.82, 2.24) is 9.78 Å². The van der Waals surface area contributed by atoms with E-state index in [1.807, 2.05) is 0 Å². The van der Waals surface area contributed by atoms with Gasteiger partial charge in [0.05, 0.1) is 26.1 Å². The van der Waals surface area contributed by atoms with Gasteiger partial charge >= 0.3 is 5.97 Å². The number of benzene rings is 3. The summed E-state index contributed by atoms with van der Waals surface area (Å²) in [6.45, 7) is 1.34. The SMILES string of the molecule is Cc1nn(-c2ccccc2)c(OC(=O)c2cc(Cl)ccc2[N+](=O)[O-])c1Sc1c(F)c(F)c(F)c(F)c1F. The molecule has 0 aliphatic rings. The molecule has 14 heteroatoms. The molecule has 0 atom stereocenters. The molecular weight excluding hydrogens is 545 g/mol. The maximum Gasteiger partial charge on any atom is 0.351 e. The first-order valence-electron chi connectivity index (χ1n) is 10.0. The number of ether oxygens (including phenoxy) is 1. The molecule has 1 aromatic heterocycles. The van der Waals surface area contributed by atoms with Crippen molar-refractivity contribution in [3.05, 3.63) is 104 Å². The smallest absolute Gasteiger partial charge is 0.351 e. The van der Waals surface area contributed by atoms with Crippen LogP contribution in [0.4, 0.5) is 27.6 Å². The van der Waals surface area contributed by atoms with Gasteiger partial charge in [0.15, 0.2) is 23.3 Å². The van der Waals surface area contributed by atoms with Crippen molar-refractivity contribution >= 4 is 35.0 Å². The molecule has 7 nitrogen and oxygen atoms in total. The Kier molecular flexibility index (Phi) is 7.18. The van der Waals surface area contributed by atoms with Gasteiger partial charge in [-0.2, -0.15) is 9.78 Å². The fraction of sp³-hybridized carbons (Fsp3) is 0.0435. The van der Waals surface area contributed by atoms with Gasteiger partial charge in [-0.25, -0.2) is 26.7 Å². The molecule has 4 aromatic rings. The van der Waals surface area contributed by atoms with E-state index >= 15 is 0 Å². The number of hydrogen-bond acceptors (Lipinski definition) is 6. The highest BCUT2D eigenvalue weighted by Crippen LogP contribution is 2.43. The van der Waals surface area contributed by atoms with Crippen LogP contribution in [0.15, 0.2) is 58.3 Å². The second-order valence-electron chi connectivity index (χ2n) is 7.28.